The first-order chi connectivity index (χ1) is 6.77. The molecular formula is C11H16N2O. The van der Waals surface area contributed by atoms with E-state index >= 15 is 0 Å². The smallest absolute Gasteiger partial charge is 0.237 e. The van der Waals surface area contributed by atoms with Gasteiger partial charge in [0.1, 0.15) is 0 Å². The van der Waals surface area contributed by atoms with E-state index in [1.807, 2.05) is 12.1 Å². The van der Waals surface area contributed by atoms with Gasteiger partial charge >= 0.3 is 0 Å². The number of nitrogens with two attached hydrogens (primary N) is 1. The lowest BCUT2D eigenvalue weighted by Gasteiger charge is -2.33. The molecule has 0 saturated heterocycles. The minimum Gasteiger partial charge on any atom is -0.476 e. The Hall–Kier alpha value is -1.25. The Kier molecular flexibility index (Phi) is 2.57. The third-order valence-corrected chi connectivity index (χ3v) is 3.03. The summed E-state index contributed by atoms with van der Waals surface area (Å²) in [6.45, 7) is 3.02. The van der Waals surface area contributed by atoms with Crippen molar-refractivity contribution in [1.82, 2.24) is 4.98 Å². The highest BCUT2D eigenvalue weighted by molar-refractivity contribution is 5.46. The molecule has 0 aromatic carbocycles. The quantitative estimate of drug-likeness (QED) is 0.797. The minimum absolute atomic E-state index is 0.576. The summed E-state index contributed by atoms with van der Waals surface area (Å²) in [7, 11) is 0. The van der Waals surface area contributed by atoms with E-state index in [0.29, 0.717) is 17.5 Å². The van der Waals surface area contributed by atoms with Crippen molar-refractivity contribution in [3.63, 3.8) is 0 Å². The van der Waals surface area contributed by atoms with E-state index in [9.17, 15) is 0 Å². The summed E-state index contributed by atoms with van der Waals surface area (Å²) in [5.41, 5.74) is 6.34. The lowest BCUT2D eigenvalue weighted by atomic mass is 9.75. The second kappa shape index (κ2) is 3.86. The van der Waals surface area contributed by atoms with E-state index in [4.69, 9.17) is 10.5 Å². The van der Waals surface area contributed by atoms with Gasteiger partial charge < -0.3 is 10.5 Å². The number of ether oxygens (including phenoxy) is 1. The molecule has 0 aliphatic heterocycles. The van der Waals surface area contributed by atoms with Crippen molar-refractivity contribution in [2.75, 3.05) is 12.3 Å². The van der Waals surface area contributed by atoms with E-state index in [1.165, 1.54) is 12.8 Å². The van der Waals surface area contributed by atoms with Crippen LogP contribution in [0.2, 0.25) is 0 Å². The van der Waals surface area contributed by atoms with Crippen LogP contribution in [0.15, 0.2) is 18.3 Å². The molecular weight excluding hydrogens is 176 g/mol. The maximum absolute atomic E-state index is 5.71. The van der Waals surface area contributed by atoms with Crippen molar-refractivity contribution in [1.29, 1.82) is 0 Å². The van der Waals surface area contributed by atoms with E-state index < -0.39 is 0 Å². The first-order valence-electron chi connectivity index (χ1n) is 5.10. The molecule has 3 heteroatoms. The summed E-state index contributed by atoms with van der Waals surface area (Å²) in [4.78, 5) is 4.09. The minimum atomic E-state index is 0.576. The molecule has 76 valence electrons. The first kappa shape index (κ1) is 9.31. The SMILES string of the molecule is C[C@H]1CC[C@@H]1COc1ncccc1N. The molecule has 1 heterocycles. The Balaban J connectivity index is 1.88. The first-order valence-corrected chi connectivity index (χ1v) is 5.10. The lowest BCUT2D eigenvalue weighted by Crippen LogP contribution is -2.28. The summed E-state index contributed by atoms with van der Waals surface area (Å²) in [5, 5.41) is 0. The van der Waals surface area contributed by atoms with Gasteiger partial charge in [-0.25, -0.2) is 4.98 Å². The molecule has 2 N–H and O–H groups in total. The average molecular weight is 192 g/mol. The zero-order valence-electron chi connectivity index (χ0n) is 8.44. The molecule has 0 unspecified atom stereocenters. The monoisotopic (exact) mass is 192 g/mol. The molecule has 3 nitrogen and oxygen atoms in total. The maximum Gasteiger partial charge on any atom is 0.237 e. The van der Waals surface area contributed by atoms with Crippen molar-refractivity contribution in [2.45, 2.75) is 19.8 Å². The van der Waals surface area contributed by atoms with Crippen LogP contribution in [0.25, 0.3) is 0 Å². The molecule has 0 radical (unpaired) electrons. The molecule has 1 aromatic heterocycles. The summed E-state index contributed by atoms with van der Waals surface area (Å²) < 4.78 is 5.58. The van der Waals surface area contributed by atoms with Gasteiger partial charge in [-0.05, 0) is 36.8 Å². The fourth-order valence-electron chi connectivity index (χ4n) is 1.69. The molecule has 0 spiro atoms. The number of hydrogen-bond donors (Lipinski definition) is 1. The highest BCUT2D eigenvalue weighted by Gasteiger charge is 2.27. The number of nitrogens with zero attached hydrogens (tertiary/aromatic N) is 1. The van der Waals surface area contributed by atoms with Crippen LogP contribution in [-0.2, 0) is 0 Å². The van der Waals surface area contributed by atoms with Crippen molar-refractivity contribution >= 4 is 5.69 Å². The van der Waals surface area contributed by atoms with Gasteiger partial charge in [0.15, 0.2) is 0 Å². The van der Waals surface area contributed by atoms with Crippen LogP contribution < -0.4 is 10.5 Å². The van der Waals surface area contributed by atoms with E-state index in [0.717, 1.165) is 12.5 Å². The molecule has 1 saturated carbocycles. The summed E-state index contributed by atoms with van der Waals surface area (Å²) in [5.74, 6) is 2.06. The van der Waals surface area contributed by atoms with Crippen LogP contribution in [0.5, 0.6) is 5.88 Å². The van der Waals surface area contributed by atoms with Crippen molar-refractivity contribution in [2.24, 2.45) is 11.8 Å². The fourth-order valence-corrected chi connectivity index (χ4v) is 1.69. The van der Waals surface area contributed by atoms with E-state index in [2.05, 4.69) is 11.9 Å². The highest BCUT2D eigenvalue weighted by atomic mass is 16.5. The second-order valence-electron chi connectivity index (χ2n) is 4.02. The number of hydrogen-bond acceptors (Lipinski definition) is 3. The van der Waals surface area contributed by atoms with Gasteiger partial charge in [0.2, 0.25) is 5.88 Å². The summed E-state index contributed by atoms with van der Waals surface area (Å²) >= 11 is 0. The van der Waals surface area contributed by atoms with Gasteiger partial charge in [-0.15, -0.1) is 0 Å². The Morgan fingerprint density at radius 3 is 3.00 bits per heavy atom. The molecule has 1 fully saturated rings. The third-order valence-electron chi connectivity index (χ3n) is 3.03. The fraction of sp³-hybridized carbons (Fsp3) is 0.545. The topological polar surface area (TPSA) is 48.1 Å². The maximum atomic E-state index is 5.71. The Bertz CT molecular complexity index is 314. The van der Waals surface area contributed by atoms with Crippen molar-refractivity contribution in [3.8, 4) is 5.88 Å². The van der Waals surface area contributed by atoms with Crippen LogP contribution in [0.4, 0.5) is 5.69 Å². The van der Waals surface area contributed by atoms with Crippen LogP contribution in [0.1, 0.15) is 19.8 Å². The Labute approximate surface area is 84.3 Å². The Morgan fingerprint density at radius 2 is 2.43 bits per heavy atom. The largest absolute Gasteiger partial charge is 0.476 e. The number of aromatic nitrogens is 1. The van der Waals surface area contributed by atoms with Gasteiger partial charge in [-0.2, -0.15) is 0 Å². The number of rotatable bonds is 3. The normalized spacial score (nSPS) is 25.5. The average Bonchev–Trinajstić information content (AvgIpc) is 2.19. The summed E-state index contributed by atoms with van der Waals surface area (Å²) in [6.07, 6.45) is 4.30. The van der Waals surface area contributed by atoms with Crippen LogP contribution in [-0.4, -0.2) is 11.6 Å². The molecule has 1 aliphatic carbocycles. The van der Waals surface area contributed by atoms with Gasteiger partial charge in [0.25, 0.3) is 0 Å². The van der Waals surface area contributed by atoms with Crippen molar-refractivity contribution < 1.29 is 4.74 Å². The zero-order valence-corrected chi connectivity index (χ0v) is 8.44. The van der Waals surface area contributed by atoms with E-state index in [1.54, 1.807) is 6.20 Å². The van der Waals surface area contributed by atoms with Gasteiger partial charge in [-0.3, -0.25) is 0 Å². The molecule has 2 rings (SSSR count). The molecule has 0 amide bonds. The number of anilines is 1. The number of nitrogen functional groups attached to an aromatic ring is 1. The molecule has 2 atom stereocenters. The van der Waals surface area contributed by atoms with Crippen LogP contribution in [0.3, 0.4) is 0 Å². The standard InChI is InChI=1S/C11H16N2O/c1-8-4-5-9(8)7-14-11-10(12)3-2-6-13-11/h2-3,6,8-9H,4-5,7,12H2,1H3/t8-,9+/m0/s1. The zero-order chi connectivity index (χ0) is 9.97. The predicted octanol–water partition coefficient (Wildman–Crippen LogP) is 2.09. The highest BCUT2D eigenvalue weighted by Crippen LogP contribution is 2.34. The molecule has 0 bridgehead atoms. The predicted molar refractivity (Wildman–Crippen MR) is 56.0 cm³/mol. The van der Waals surface area contributed by atoms with Gasteiger partial charge in [-0.1, -0.05) is 6.92 Å². The third kappa shape index (κ3) is 1.81. The Morgan fingerprint density at radius 1 is 1.57 bits per heavy atom. The number of pyridine rings is 1. The molecule has 1 aliphatic rings. The summed E-state index contributed by atoms with van der Waals surface area (Å²) in [6, 6.07) is 3.63. The van der Waals surface area contributed by atoms with E-state index in [-0.39, 0.29) is 0 Å². The van der Waals surface area contributed by atoms with Gasteiger partial charge in [0.05, 0.1) is 12.3 Å². The van der Waals surface area contributed by atoms with Crippen LogP contribution >= 0.6 is 0 Å². The van der Waals surface area contributed by atoms with Crippen LogP contribution in [0, 0.1) is 11.8 Å². The van der Waals surface area contributed by atoms with Gasteiger partial charge in [0, 0.05) is 6.20 Å². The lowest BCUT2D eigenvalue weighted by molar-refractivity contribution is 0.114. The second-order valence-corrected chi connectivity index (χ2v) is 4.02. The molecule has 14 heavy (non-hydrogen) atoms. The molecule has 1 aromatic rings. The van der Waals surface area contributed by atoms with Crippen molar-refractivity contribution in [3.05, 3.63) is 18.3 Å².